The van der Waals surface area contributed by atoms with E-state index in [0.717, 1.165) is 23.2 Å². The minimum absolute atomic E-state index is 0.0129. The van der Waals surface area contributed by atoms with Crippen LogP contribution in [0.3, 0.4) is 0 Å². The van der Waals surface area contributed by atoms with Crippen LogP contribution in [0.5, 0.6) is 0 Å². The van der Waals surface area contributed by atoms with Crippen molar-refractivity contribution in [1.82, 2.24) is 0 Å². The second-order valence-electron chi connectivity index (χ2n) is 4.33. The standard InChI is InChI=1S/C15H19NO2/c1-4-13-10-12(6-5-9-17)7-8-14(13)16-15(18)11(2)3/h7-8,10-11,17H,4,9H2,1-3H3,(H,16,18). The lowest BCUT2D eigenvalue weighted by atomic mass is 10.1. The molecule has 0 aliphatic rings. The van der Waals surface area contributed by atoms with Gasteiger partial charge in [-0.05, 0) is 30.2 Å². The molecule has 0 saturated carbocycles. The topological polar surface area (TPSA) is 49.3 Å². The van der Waals surface area contributed by atoms with E-state index in [4.69, 9.17) is 5.11 Å². The molecule has 0 aliphatic heterocycles. The summed E-state index contributed by atoms with van der Waals surface area (Å²) < 4.78 is 0. The van der Waals surface area contributed by atoms with Crippen LogP contribution in [-0.2, 0) is 11.2 Å². The number of carbonyl (C=O) groups excluding carboxylic acids is 1. The highest BCUT2D eigenvalue weighted by atomic mass is 16.2. The van der Waals surface area contributed by atoms with Gasteiger partial charge in [0.2, 0.25) is 5.91 Å². The molecule has 0 heterocycles. The highest BCUT2D eigenvalue weighted by Crippen LogP contribution is 2.18. The van der Waals surface area contributed by atoms with Gasteiger partial charge in [-0.15, -0.1) is 0 Å². The summed E-state index contributed by atoms with van der Waals surface area (Å²) in [5.74, 6) is 5.45. The van der Waals surface area contributed by atoms with E-state index in [2.05, 4.69) is 17.2 Å². The van der Waals surface area contributed by atoms with Crippen molar-refractivity contribution in [2.45, 2.75) is 27.2 Å². The van der Waals surface area contributed by atoms with Gasteiger partial charge in [-0.25, -0.2) is 0 Å². The Bertz CT molecular complexity index is 481. The fourth-order valence-electron chi connectivity index (χ4n) is 1.50. The maximum Gasteiger partial charge on any atom is 0.226 e. The lowest BCUT2D eigenvalue weighted by Crippen LogP contribution is -2.18. The van der Waals surface area contributed by atoms with Crippen LogP contribution in [-0.4, -0.2) is 17.6 Å². The minimum Gasteiger partial charge on any atom is -0.384 e. The maximum absolute atomic E-state index is 11.7. The number of amides is 1. The van der Waals surface area contributed by atoms with E-state index in [1.807, 2.05) is 39.0 Å². The molecule has 18 heavy (non-hydrogen) atoms. The largest absolute Gasteiger partial charge is 0.384 e. The number of carbonyl (C=O) groups is 1. The molecule has 0 aliphatic carbocycles. The average molecular weight is 245 g/mol. The molecule has 96 valence electrons. The molecule has 3 nitrogen and oxygen atoms in total. The Balaban J connectivity index is 2.96. The summed E-state index contributed by atoms with van der Waals surface area (Å²) in [4.78, 5) is 11.7. The highest BCUT2D eigenvalue weighted by Gasteiger charge is 2.09. The Kier molecular flexibility index (Phi) is 5.41. The van der Waals surface area contributed by atoms with Crippen molar-refractivity contribution in [3.63, 3.8) is 0 Å². The number of aliphatic hydroxyl groups excluding tert-OH is 1. The summed E-state index contributed by atoms with van der Waals surface area (Å²) in [6.45, 7) is 5.61. The summed E-state index contributed by atoms with van der Waals surface area (Å²) in [5.41, 5.74) is 2.74. The predicted octanol–water partition coefficient (Wildman–Crippen LogP) is 2.19. The second-order valence-corrected chi connectivity index (χ2v) is 4.33. The van der Waals surface area contributed by atoms with Gasteiger partial charge < -0.3 is 10.4 Å². The summed E-state index contributed by atoms with van der Waals surface area (Å²) in [5, 5.41) is 11.6. The molecule has 0 unspecified atom stereocenters. The van der Waals surface area contributed by atoms with E-state index < -0.39 is 0 Å². The third-order valence-corrected chi connectivity index (χ3v) is 2.58. The minimum atomic E-state index is -0.146. The van der Waals surface area contributed by atoms with E-state index in [-0.39, 0.29) is 18.4 Å². The van der Waals surface area contributed by atoms with Gasteiger partial charge in [0, 0.05) is 17.2 Å². The van der Waals surface area contributed by atoms with Gasteiger partial charge in [0.15, 0.2) is 0 Å². The van der Waals surface area contributed by atoms with Crippen molar-refractivity contribution in [3.05, 3.63) is 29.3 Å². The molecule has 1 amide bonds. The van der Waals surface area contributed by atoms with Crippen molar-refractivity contribution in [3.8, 4) is 11.8 Å². The molecule has 2 N–H and O–H groups in total. The predicted molar refractivity (Wildman–Crippen MR) is 73.3 cm³/mol. The third-order valence-electron chi connectivity index (χ3n) is 2.58. The fraction of sp³-hybridized carbons (Fsp3) is 0.400. The smallest absolute Gasteiger partial charge is 0.226 e. The summed E-state index contributed by atoms with van der Waals surface area (Å²) >= 11 is 0. The molecule has 0 radical (unpaired) electrons. The summed E-state index contributed by atoms with van der Waals surface area (Å²) in [6.07, 6.45) is 0.822. The Labute approximate surface area is 108 Å². The summed E-state index contributed by atoms with van der Waals surface area (Å²) in [7, 11) is 0. The Morgan fingerprint density at radius 1 is 1.44 bits per heavy atom. The first-order valence-electron chi connectivity index (χ1n) is 6.12. The molecule has 1 rings (SSSR count). The molecular formula is C15H19NO2. The number of hydrogen-bond donors (Lipinski definition) is 2. The van der Waals surface area contributed by atoms with Crippen LogP contribution < -0.4 is 5.32 Å². The van der Waals surface area contributed by atoms with Gasteiger partial charge in [-0.2, -0.15) is 0 Å². The van der Waals surface area contributed by atoms with Crippen molar-refractivity contribution in [2.75, 3.05) is 11.9 Å². The lowest BCUT2D eigenvalue weighted by molar-refractivity contribution is -0.118. The van der Waals surface area contributed by atoms with Crippen LogP contribution in [0.1, 0.15) is 31.9 Å². The van der Waals surface area contributed by atoms with E-state index in [1.165, 1.54) is 0 Å². The molecular weight excluding hydrogens is 226 g/mol. The first-order valence-corrected chi connectivity index (χ1v) is 6.12. The Hall–Kier alpha value is -1.79. The van der Waals surface area contributed by atoms with Crippen LogP contribution in [0.25, 0.3) is 0 Å². The normalized spacial score (nSPS) is 9.83. The average Bonchev–Trinajstić information content (AvgIpc) is 2.37. The van der Waals surface area contributed by atoms with Gasteiger partial charge in [-0.3, -0.25) is 4.79 Å². The maximum atomic E-state index is 11.7. The summed E-state index contributed by atoms with van der Waals surface area (Å²) in [6, 6.07) is 5.65. The number of anilines is 1. The molecule has 0 fully saturated rings. The number of aryl methyl sites for hydroxylation is 1. The lowest BCUT2D eigenvalue weighted by Gasteiger charge is -2.12. The molecule has 0 saturated heterocycles. The van der Waals surface area contributed by atoms with Crippen LogP contribution in [0, 0.1) is 17.8 Å². The molecule has 1 aromatic rings. The number of benzene rings is 1. The van der Waals surface area contributed by atoms with E-state index in [9.17, 15) is 4.79 Å². The molecule has 0 aromatic heterocycles. The zero-order chi connectivity index (χ0) is 13.5. The number of aliphatic hydroxyl groups is 1. The SMILES string of the molecule is CCc1cc(C#CCO)ccc1NC(=O)C(C)C. The number of nitrogens with one attached hydrogen (secondary N) is 1. The molecule has 0 spiro atoms. The van der Waals surface area contributed by atoms with Gasteiger partial charge in [0.1, 0.15) is 6.61 Å². The van der Waals surface area contributed by atoms with E-state index in [1.54, 1.807) is 0 Å². The molecule has 0 atom stereocenters. The van der Waals surface area contributed by atoms with Gasteiger partial charge >= 0.3 is 0 Å². The number of rotatable bonds is 3. The third kappa shape index (κ3) is 3.90. The zero-order valence-corrected chi connectivity index (χ0v) is 11.1. The quantitative estimate of drug-likeness (QED) is 0.802. The van der Waals surface area contributed by atoms with Crippen molar-refractivity contribution < 1.29 is 9.90 Å². The van der Waals surface area contributed by atoms with Crippen LogP contribution in [0.15, 0.2) is 18.2 Å². The fourth-order valence-corrected chi connectivity index (χ4v) is 1.50. The highest BCUT2D eigenvalue weighted by molar-refractivity contribution is 5.92. The number of hydrogen-bond acceptors (Lipinski definition) is 2. The van der Waals surface area contributed by atoms with Crippen molar-refractivity contribution in [2.24, 2.45) is 5.92 Å². The van der Waals surface area contributed by atoms with Crippen molar-refractivity contribution >= 4 is 11.6 Å². The van der Waals surface area contributed by atoms with E-state index in [0.29, 0.717) is 0 Å². The zero-order valence-electron chi connectivity index (χ0n) is 11.1. The van der Waals surface area contributed by atoms with Crippen LogP contribution in [0.2, 0.25) is 0 Å². The van der Waals surface area contributed by atoms with Gasteiger partial charge in [0.25, 0.3) is 0 Å². The monoisotopic (exact) mass is 245 g/mol. The van der Waals surface area contributed by atoms with Gasteiger partial charge in [0.05, 0.1) is 0 Å². The van der Waals surface area contributed by atoms with Crippen LogP contribution >= 0.6 is 0 Å². The first-order chi connectivity index (χ1) is 8.58. The van der Waals surface area contributed by atoms with E-state index >= 15 is 0 Å². The second kappa shape index (κ2) is 6.83. The molecule has 3 heteroatoms. The van der Waals surface area contributed by atoms with Gasteiger partial charge in [-0.1, -0.05) is 32.6 Å². The molecule has 1 aromatic carbocycles. The van der Waals surface area contributed by atoms with Crippen molar-refractivity contribution in [1.29, 1.82) is 0 Å². The Morgan fingerprint density at radius 2 is 2.17 bits per heavy atom. The van der Waals surface area contributed by atoms with Crippen LogP contribution in [0.4, 0.5) is 5.69 Å². The molecule has 0 bridgehead atoms. The first kappa shape index (κ1) is 14.3. The Morgan fingerprint density at radius 3 is 2.72 bits per heavy atom.